The first-order valence-corrected chi connectivity index (χ1v) is 8.60. The Kier molecular flexibility index (Phi) is 3.50. The van der Waals surface area contributed by atoms with E-state index >= 15 is 0 Å². The van der Waals surface area contributed by atoms with Gasteiger partial charge in [0.2, 0.25) is 0 Å². The Balaban J connectivity index is 1.68. The maximum atomic E-state index is 13.1. The molecule has 0 aliphatic heterocycles. The number of hydrogen-bond acceptors (Lipinski definition) is 3. The second-order valence-electron chi connectivity index (χ2n) is 7.14. The number of hydrogen-bond donors (Lipinski definition) is 1. The van der Waals surface area contributed by atoms with Crippen LogP contribution in [-0.2, 0) is 21.6 Å². The molecule has 2 aromatic carbocycles. The molecule has 4 rings (SSSR count). The molecule has 24 heavy (non-hydrogen) atoms. The molecule has 2 aromatic rings. The quantitative estimate of drug-likeness (QED) is 0.877. The van der Waals surface area contributed by atoms with Gasteiger partial charge in [0.1, 0.15) is 12.0 Å². The minimum Gasteiger partial charge on any atom is -0.460 e. The number of benzene rings is 2. The number of esters is 1. The Bertz CT molecular complexity index is 770. The zero-order chi connectivity index (χ0) is 16.8. The van der Waals surface area contributed by atoms with E-state index in [9.17, 15) is 9.90 Å². The zero-order valence-electron chi connectivity index (χ0n) is 13.9. The van der Waals surface area contributed by atoms with Crippen LogP contribution < -0.4 is 0 Å². The van der Waals surface area contributed by atoms with Gasteiger partial charge in [0, 0.05) is 5.92 Å². The van der Waals surface area contributed by atoms with Gasteiger partial charge in [0.05, 0.1) is 5.60 Å². The number of carbonyl (C=O) groups excluding carboxylic acids is 1. The Morgan fingerprint density at radius 2 is 1.88 bits per heavy atom. The van der Waals surface area contributed by atoms with E-state index in [1.165, 1.54) is 0 Å². The molecule has 3 heteroatoms. The molecule has 124 valence electrons. The highest BCUT2D eigenvalue weighted by Gasteiger charge is 2.65. The van der Waals surface area contributed by atoms with Crippen LogP contribution >= 0.6 is 0 Å². The topological polar surface area (TPSA) is 46.5 Å². The molecule has 2 aliphatic rings. The fourth-order valence-electron chi connectivity index (χ4n) is 4.64. The zero-order valence-corrected chi connectivity index (χ0v) is 13.9. The second kappa shape index (κ2) is 5.45. The molecule has 0 amide bonds. The summed E-state index contributed by atoms with van der Waals surface area (Å²) in [4.78, 5) is 13.1. The van der Waals surface area contributed by atoms with Crippen LogP contribution in [0.25, 0.3) is 0 Å². The summed E-state index contributed by atoms with van der Waals surface area (Å²) >= 11 is 0. The van der Waals surface area contributed by atoms with Crippen molar-refractivity contribution >= 4 is 5.97 Å². The number of aliphatic hydroxyl groups is 1. The van der Waals surface area contributed by atoms with Gasteiger partial charge in [-0.05, 0) is 42.9 Å². The maximum Gasteiger partial charge on any atom is 0.319 e. The Morgan fingerprint density at radius 1 is 1.17 bits per heavy atom. The van der Waals surface area contributed by atoms with Gasteiger partial charge in [-0.3, -0.25) is 4.79 Å². The monoisotopic (exact) mass is 322 g/mol. The lowest BCUT2D eigenvalue weighted by Gasteiger charge is -2.38. The van der Waals surface area contributed by atoms with Gasteiger partial charge in [-0.2, -0.15) is 0 Å². The summed E-state index contributed by atoms with van der Waals surface area (Å²) in [5.74, 6) is -0.298. The molecule has 0 heterocycles. The van der Waals surface area contributed by atoms with Crippen molar-refractivity contribution in [2.24, 2.45) is 0 Å². The summed E-state index contributed by atoms with van der Waals surface area (Å²) in [6.45, 7) is 2.09. The van der Waals surface area contributed by atoms with Crippen LogP contribution in [0, 0.1) is 0 Å². The third kappa shape index (κ3) is 1.97. The van der Waals surface area contributed by atoms with Gasteiger partial charge in [-0.1, -0.05) is 54.6 Å². The molecule has 0 bridgehead atoms. The lowest BCUT2D eigenvalue weighted by molar-refractivity contribution is -0.162. The van der Waals surface area contributed by atoms with E-state index in [1.807, 2.05) is 61.5 Å². The van der Waals surface area contributed by atoms with Gasteiger partial charge < -0.3 is 9.84 Å². The lowest BCUT2D eigenvalue weighted by Crippen LogP contribution is -2.52. The standard InChI is InChI=1S/C21H22O3/c1-20(19(22)24-14-15-8-3-2-4-9-15)17-11-6-5-10-16(17)18-12-7-13-21(18,20)23/h2-6,8-11,18,23H,7,12-14H2,1H3/t18-,20+,21+/m0/s1. The van der Waals surface area contributed by atoms with Crippen molar-refractivity contribution in [1.82, 2.24) is 0 Å². The molecule has 1 N–H and O–H groups in total. The summed E-state index contributed by atoms with van der Waals surface area (Å²) in [5.41, 5.74) is 0.951. The molecule has 1 saturated carbocycles. The van der Waals surface area contributed by atoms with Gasteiger partial charge >= 0.3 is 5.97 Å². The molecule has 0 radical (unpaired) electrons. The molecule has 1 fully saturated rings. The first-order chi connectivity index (χ1) is 11.6. The Labute approximate surface area is 142 Å². The minimum atomic E-state index is -1.04. The SMILES string of the molecule is C[C@]1(C(=O)OCc2ccccc2)c2ccccc2[C@@H]2CCC[C@@]21O. The van der Waals surface area contributed by atoms with Crippen molar-refractivity contribution in [3.63, 3.8) is 0 Å². The Hall–Kier alpha value is -2.13. The van der Waals surface area contributed by atoms with Crippen molar-refractivity contribution < 1.29 is 14.6 Å². The van der Waals surface area contributed by atoms with Gasteiger partial charge in [0.15, 0.2) is 0 Å². The lowest BCUT2D eigenvalue weighted by atomic mass is 9.71. The van der Waals surface area contributed by atoms with Gasteiger partial charge in [0.25, 0.3) is 0 Å². The number of rotatable bonds is 3. The molecule has 0 spiro atoms. The van der Waals surface area contributed by atoms with Crippen LogP contribution in [0.1, 0.15) is 48.8 Å². The average molecular weight is 322 g/mol. The molecule has 3 nitrogen and oxygen atoms in total. The highest BCUT2D eigenvalue weighted by Crippen LogP contribution is 2.60. The molecule has 2 aliphatic carbocycles. The second-order valence-corrected chi connectivity index (χ2v) is 7.14. The van der Waals surface area contributed by atoms with Crippen molar-refractivity contribution in [2.75, 3.05) is 0 Å². The van der Waals surface area contributed by atoms with E-state index in [0.717, 1.165) is 29.5 Å². The summed E-state index contributed by atoms with van der Waals surface area (Å²) in [5, 5.41) is 11.4. The van der Waals surface area contributed by atoms with Crippen LogP contribution in [-0.4, -0.2) is 16.7 Å². The van der Waals surface area contributed by atoms with Gasteiger partial charge in [-0.25, -0.2) is 0 Å². The summed E-state index contributed by atoms with van der Waals surface area (Å²) in [6, 6.07) is 17.6. The van der Waals surface area contributed by atoms with Crippen molar-refractivity contribution in [2.45, 2.75) is 49.7 Å². The maximum absolute atomic E-state index is 13.1. The van der Waals surface area contributed by atoms with Crippen LogP contribution in [0.2, 0.25) is 0 Å². The van der Waals surface area contributed by atoms with Gasteiger partial charge in [-0.15, -0.1) is 0 Å². The van der Waals surface area contributed by atoms with Crippen molar-refractivity contribution in [3.8, 4) is 0 Å². The largest absolute Gasteiger partial charge is 0.460 e. The summed E-state index contributed by atoms with van der Waals surface area (Å²) < 4.78 is 5.65. The number of fused-ring (bicyclic) bond motifs is 3. The first kappa shape index (κ1) is 15.4. The molecular weight excluding hydrogens is 300 g/mol. The third-order valence-corrected chi connectivity index (χ3v) is 5.99. The highest BCUT2D eigenvalue weighted by atomic mass is 16.5. The van der Waals surface area contributed by atoms with E-state index < -0.39 is 11.0 Å². The Morgan fingerprint density at radius 3 is 2.67 bits per heavy atom. The van der Waals surface area contributed by atoms with E-state index in [0.29, 0.717) is 6.42 Å². The molecule has 3 atom stereocenters. The van der Waals surface area contributed by atoms with E-state index in [4.69, 9.17) is 4.74 Å². The molecular formula is C21H22O3. The highest BCUT2D eigenvalue weighted by molar-refractivity contribution is 5.87. The van der Waals surface area contributed by atoms with E-state index in [-0.39, 0.29) is 18.5 Å². The fraction of sp³-hybridized carbons (Fsp3) is 0.381. The normalized spacial score (nSPS) is 30.7. The first-order valence-electron chi connectivity index (χ1n) is 8.60. The molecule has 0 saturated heterocycles. The summed E-state index contributed by atoms with van der Waals surface area (Å²) in [6.07, 6.45) is 2.51. The smallest absolute Gasteiger partial charge is 0.319 e. The average Bonchev–Trinajstić information content (AvgIpc) is 3.09. The van der Waals surface area contributed by atoms with Crippen LogP contribution in [0.4, 0.5) is 0 Å². The van der Waals surface area contributed by atoms with Crippen LogP contribution in [0.3, 0.4) is 0 Å². The molecule has 0 aromatic heterocycles. The summed E-state index contributed by atoms with van der Waals surface area (Å²) in [7, 11) is 0. The van der Waals surface area contributed by atoms with Crippen molar-refractivity contribution in [3.05, 3.63) is 71.3 Å². The van der Waals surface area contributed by atoms with E-state index in [2.05, 4.69) is 0 Å². The van der Waals surface area contributed by atoms with E-state index in [1.54, 1.807) is 0 Å². The van der Waals surface area contributed by atoms with Crippen LogP contribution in [0.15, 0.2) is 54.6 Å². The third-order valence-electron chi connectivity index (χ3n) is 5.99. The predicted octanol–water partition coefficient (Wildman–Crippen LogP) is 3.70. The fourth-order valence-corrected chi connectivity index (χ4v) is 4.64. The molecule has 0 unspecified atom stereocenters. The minimum absolute atomic E-state index is 0.0305. The van der Waals surface area contributed by atoms with Crippen molar-refractivity contribution in [1.29, 1.82) is 0 Å². The number of ether oxygens (including phenoxy) is 1. The number of carbonyl (C=O) groups is 1. The predicted molar refractivity (Wildman–Crippen MR) is 91.6 cm³/mol. The van der Waals surface area contributed by atoms with Crippen LogP contribution in [0.5, 0.6) is 0 Å².